The molecule has 5 rings (SSSR count). The Morgan fingerprint density at radius 3 is 2.58 bits per heavy atom. The third-order valence-electron chi connectivity index (χ3n) is 4.95. The van der Waals surface area contributed by atoms with E-state index in [0.717, 1.165) is 22.4 Å². The number of H-pyrrole nitrogens is 1. The number of carbonyl (C=O) groups excluding carboxylic acids is 1. The Kier molecular flexibility index (Phi) is 4.97. The van der Waals surface area contributed by atoms with Crippen LogP contribution in [-0.4, -0.2) is 32.8 Å². The van der Waals surface area contributed by atoms with E-state index in [1.807, 2.05) is 54.6 Å². The van der Waals surface area contributed by atoms with Gasteiger partial charge in [0.15, 0.2) is 11.9 Å². The van der Waals surface area contributed by atoms with Gasteiger partial charge in [-0.05, 0) is 11.6 Å². The largest absolute Gasteiger partial charge is 0.332 e. The second-order valence-electron chi connectivity index (χ2n) is 7.04. The summed E-state index contributed by atoms with van der Waals surface area (Å²) < 4.78 is 0. The molecule has 1 aliphatic heterocycles. The molecule has 0 fully saturated rings. The van der Waals surface area contributed by atoms with Crippen LogP contribution in [0.15, 0.2) is 82.7 Å². The van der Waals surface area contributed by atoms with Crippen molar-refractivity contribution in [3.63, 3.8) is 0 Å². The van der Waals surface area contributed by atoms with E-state index in [4.69, 9.17) is 4.99 Å². The van der Waals surface area contributed by atoms with Crippen molar-refractivity contribution in [3.05, 3.63) is 100.0 Å². The van der Waals surface area contributed by atoms with Gasteiger partial charge in [-0.15, -0.1) is 10.2 Å². The van der Waals surface area contributed by atoms with E-state index in [2.05, 4.69) is 20.5 Å². The molecule has 1 atom stereocenters. The first-order chi connectivity index (χ1) is 15.2. The number of aromatic nitrogens is 3. The average molecular weight is 427 g/mol. The summed E-state index contributed by atoms with van der Waals surface area (Å²) in [4.78, 5) is 32.0. The van der Waals surface area contributed by atoms with Crippen molar-refractivity contribution < 1.29 is 4.79 Å². The molecule has 0 aliphatic carbocycles. The summed E-state index contributed by atoms with van der Waals surface area (Å²) in [6.07, 6.45) is 1.05. The minimum Gasteiger partial charge on any atom is -0.332 e. The number of benzene rings is 2. The number of rotatable bonds is 4. The second kappa shape index (κ2) is 8.08. The molecule has 7 nitrogen and oxygen atoms in total. The SMILES string of the molecule is O=C1Cc2ccccc2C(c2ccccc2)=NC1Nc1nnc(-c2cc[nH]c(=O)c2)s1. The van der Waals surface area contributed by atoms with Crippen molar-refractivity contribution in [2.45, 2.75) is 12.6 Å². The van der Waals surface area contributed by atoms with Gasteiger partial charge in [0.1, 0.15) is 5.01 Å². The summed E-state index contributed by atoms with van der Waals surface area (Å²) in [7, 11) is 0. The molecular weight excluding hydrogens is 410 g/mol. The van der Waals surface area contributed by atoms with Gasteiger partial charge < -0.3 is 10.3 Å². The van der Waals surface area contributed by atoms with Gasteiger partial charge in [-0.25, -0.2) is 0 Å². The van der Waals surface area contributed by atoms with E-state index in [1.54, 1.807) is 12.3 Å². The number of aliphatic imine (C=N–C) groups is 1. The predicted octanol–water partition coefficient (Wildman–Crippen LogP) is 3.29. The molecule has 4 aromatic rings. The Morgan fingerprint density at radius 1 is 0.935 bits per heavy atom. The van der Waals surface area contributed by atoms with Gasteiger partial charge in [-0.3, -0.25) is 14.6 Å². The highest BCUT2D eigenvalue weighted by Gasteiger charge is 2.26. The summed E-state index contributed by atoms with van der Waals surface area (Å²) in [5, 5.41) is 12.5. The Balaban J connectivity index is 1.51. The first-order valence-electron chi connectivity index (χ1n) is 9.71. The van der Waals surface area contributed by atoms with Crippen LogP contribution in [0.5, 0.6) is 0 Å². The molecule has 0 saturated carbocycles. The van der Waals surface area contributed by atoms with Crippen LogP contribution in [0.2, 0.25) is 0 Å². The molecule has 0 bridgehead atoms. The summed E-state index contributed by atoms with van der Waals surface area (Å²) in [5.41, 5.74) is 4.06. The van der Waals surface area contributed by atoms with Gasteiger partial charge in [0, 0.05) is 35.4 Å². The third kappa shape index (κ3) is 3.93. The second-order valence-corrected chi connectivity index (χ2v) is 8.02. The van der Waals surface area contributed by atoms with Crippen LogP contribution < -0.4 is 10.9 Å². The van der Waals surface area contributed by atoms with Crippen molar-refractivity contribution in [3.8, 4) is 10.6 Å². The van der Waals surface area contributed by atoms with Gasteiger partial charge in [0.25, 0.3) is 0 Å². The fraction of sp³-hybridized carbons (Fsp3) is 0.0870. The number of nitrogens with zero attached hydrogens (tertiary/aromatic N) is 3. The topological polar surface area (TPSA) is 100 Å². The third-order valence-corrected chi connectivity index (χ3v) is 5.86. The van der Waals surface area contributed by atoms with Gasteiger partial charge in [-0.2, -0.15) is 0 Å². The minimum absolute atomic E-state index is 0.0497. The molecule has 1 unspecified atom stereocenters. The molecule has 2 aromatic carbocycles. The first-order valence-corrected chi connectivity index (χ1v) is 10.5. The van der Waals surface area contributed by atoms with Gasteiger partial charge in [0.2, 0.25) is 10.7 Å². The Labute approximate surface area is 181 Å². The number of hydrogen-bond acceptors (Lipinski definition) is 7. The molecule has 31 heavy (non-hydrogen) atoms. The van der Waals surface area contributed by atoms with Crippen LogP contribution in [0.25, 0.3) is 10.6 Å². The maximum atomic E-state index is 13.0. The van der Waals surface area contributed by atoms with Gasteiger partial charge in [0.05, 0.1) is 5.71 Å². The van der Waals surface area contributed by atoms with Crippen molar-refractivity contribution in [2.24, 2.45) is 4.99 Å². The van der Waals surface area contributed by atoms with Crippen LogP contribution >= 0.6 is 11.3 Å². The van der Waals surface area contributed by atoms with E-state index in [0.29, 0.717) is 15.7 Å². The number of carbonyl (C=O) groups is 1. The van der Waals surface area contributed by atoms with E-state index in [9.17, 15) is 9.59 Å². The van der Waals surface area contributed by atoms with E-state index in [-0.39, 0.29) is 17.8 Å². The van der Waals surface area contributed by atoms with Crippen molar-refractivity contribution in [1.82, 2.24) is 15.2 Å². The van der Waals surface area contributed by atoms with Crippen LogP contribution in [-0.2, 0) is 11.2 Å². The highest BCUT2D eigenvalue weighted by atomic mass is 32.1. The standard InChI is InChI=1S/C23H17N5O2S/c29-18-12-15-8-4-5-9-17(15)20(14-6-2-1-3-7-14)25-21(18)26-23-28-27-22(31-23)16-10-11-24-19(30)13-16/h1-11,13,21H,12H2,(H,24,30)(H,26,28). The lowest BCUT2D eigenvalue weighted by Gasteiger charge is -2.12. The smallest absolute Gasteiger partial charge is 0.248 e. The lowest BCUT2D eigenvalue weighted by molar-refractivity contribution is -0.118. The molecule has 0 saturated heterocycles. The quantitative estimate of drug-likeness (QED) is 0.521. The van der Waals surface area contributed by atoms with Crippen LogP contribution in [0.4, 0.5) is 5.13 Å². The monoisotopic (exact) mass is 427 g/mol. The van der Waals surface area contributed by atoms with Crippen LogP contribution in [0.3, 0.4) is 0 Å². The zero-order valence-corrected chi connectivity index (χ0v) is 17.1. The van der Waals surface area contributed by atoms with E-state index < -0.39 is 6.17 Å². The van der Waals surface area contributed by atoms with Crippen LogP contribution in [0, 0.1) is 0 Å². The van der Waals surface area contributed by atoms with Gasteiger partial charge >= 0.3 is 0 Å². The number of hydrogen-bond donors (Lipinski definition) is 2. The molecule has 152 valence electrons. The zero-order chi connectivity index (χ0) is 21.2. The highest BCUT2D eigenvalue weighted by molar-refractivity contribution is 7.18. The number of Topliss-reactive ketones (excluding diaryl/α,β-unsaturated/α-hetero) is 1. The minimum atomic E-state index is -0.789. The Bertz CT molecular complexity index is 1340. The fourth-order valence-corrected chi connectivity index (χ4v) is 4.25. The number of fused-ring (bicyclic) bond motifs is 1. The lowest BCUT2D eigenvalue weighted by atomic mass is 9.96. The van der Waals surface area contributed by atoms with Crippen molar-refractivity contribution in [1.29, 1.82) is 0 Å². The number of anilines is 1. The molecule has 8 heteroatoms. The molecule has 0 spiro atoms. The normalized spacial score (nSPS) is 15.7. The zero-order valence-electron chi connectivity index (χ0n) is 16.3. The van der Waals surface area contributed by atoms with Crippen molar-refractivity contribution in [2.75, 3.05) is 5.32 Å². The van der Waals surface area contributed by atoms with E-state index >= 15 is 0 Å². The first kappa shape index (κ1) is 19.1. The molecule has 1 aliphatic rings. The summed E-state index contributed by atoms with van der Waals surface area (Å²) >= 11 is 1.27. The number of pyridine rings is 1. The summed E-state index contributed by atoms with van der Waals surface area (Å²) in [6.45, 7) is 0. The maximum absolute atomic E-state index is 13.0. The molecule has 0 amide bonds. The maximum Gasteiger partial charge on any atom is 0.248 e. The fourth-order valence-electron chi connectivity index (χ4n) is 3.49. The summed E-state index contributed by atoms with van der Waals surface area (Å²) in [6, 6.07) is 20.9. The number of aromatic amines is 1. The Hall–Kier alpha value is -3.91. The number of ketones is 1. The van der Waals surface area contributed by atoms with Crippen LogP contribution in [0.1, 0.15) is 16.7 Å². The lowest BCUT2D eigenvalue weighted by Crippen LogP contribution is -2.28. The molecule has 0 radical (unpaired) electrons. The van der Waals surface area contributed by atoms with Gasteiger partial charge in [-0.1, -0.05) is 65.9 Å². The summed E-state index contributed by atoms with van der Waals surface area (Å²) in [5.74, 6) is -0.0497. The molecule has 2 N–H and O–H groups in total. The number of nitrogens with one attached hydrogen (secondary N) is 2. The molecule has 3 heterocycles. The Morgan fingerprint density at radius 2 is 1.74 bits per heavy atom. The molecular formula is C23H17N5O2S. The average Bonchev–Trinajstić information content (AvgIpc) is 3.21. The van der Waals surface area contributed by atoms with E-state index in [1.165, 1.54) is 17.4 Å². The molecule has 2 aromatic heterocycles. The van der Waals surface area contributed by atoms with Crippen molar-refractivity contribution >= 4 is 28.0 Å². The highest BCUT2D eigenvalue weighted by Crippen LogP contribution is 2.27. The predicted molar refractivity (Wildman–Crippen MR) is 121 cm³/mol.